The van der Waals surface area contributed by atoms with Crippen molar-refractivity contribution < 1.29 is 18.3 Å². The number of hydrogen-bond acceptors (Lipinski definition) is 3. The molecule has 0 heterocycles. The third-order valence-electron chi connectivity index (χ3n) is 1.40. The van der Waals surface area contributed by atoms with Crippen molar-refractivity contribution in [1.82, 2.24) is 0 Å². The minimum Gasteiger partial charge on any atom is -0.478 e. The third kappa shape index (κ3) is 2.60. The second-order valence-electron chi connectivity index (χ2n) is 2.42. The van der Waals surface area contributed by atoms with Crippen LogP contribution in [0.25, 0.3) is 0 Å². The molecule has 0 unspecified atom stereocenters. The van der Waals surface area contributed by atoms with E-state index in [1.807, 2.05) is 0 Å². The Morgan fingerprint density at radius 3 is 2.29 bits per heavy atom. The summed E-state index contributed by atoms with van der Waals surface area (Å²) in [5.41, 5.74) is -0.225. The van der Waals surface area contributed by atoms with Crippen molar-refractivity contribution in [3.63, 3.8) is 0 Å². The summed E-state index contributed by atoms with van der Waals surface area (Å²) in [5, 5.41) is 8.61. The van der Waals surface area contributed by atoms with Crippen LogP contribution in [0.4, 0.5) is 0 Å². The zero-order chi connectivity index (χ0) is 10.9. The molecule has 1 aromatic carbocycles. The molecule has 0 radical (unpaired) electrons. The molecule has 1 rings (SSSR count). The number of benzene rings is 1. The average molecular weight is 255 g/mol. The molecule has 0 atom stereocenters. The van der Waals surface area contributed by atoms with E-state index in [-0.39, 0.29) is 15.5 Å². The molecule has 0 aromatic heterocycles. The van der Waals surface area contributed by atoms with Gasteiger partial charge < -0.3 is 5.11 Å². The Kier molecular flexibility index (Phi) is 3.04. The van der Waals surface area contributed by atoms with Gasteiger partial charge in [0.25, 0.3) is 9.05 Å². The highest BCUT2D eigenvalue weighted by Gasteiger charge is 2.14. The molecule has 1 N–H and O–H groups in total. The molecule has 0 spiro atoms. The van der Waals surface area contributed by atoms with Crippen LogP contribution < -0.4 is 0 Å². The molecule has 0 fully saturated rings. The molecule has 4 nitrogen and oxygen atoms in total. The Hall–Kier alpha value is -0.780. The Morgan fingerprint density at radius 1 is 1.29 bits per heavy atom. The molecule has 0 aliphatic heterocycles. The lowest BCUT2D eigenvalue weighted by Crippen LogP contribution is -1.99. The first kappa shape index (κ1) is 11.3. The van der Waals surface area contributed by atoms with E-state index in [9.17, 15) is 13.2 Å². The van der Waals surface area contributed by atoms with Crippen LogP contribution in [-0.4, -0.2) is 19.5 Å². The van der Waals surface area contributed by atoms with Crippen LogP contribution in [0, 0.1) is 0 Å². The normalized spacial score (nSPS) is 11.3. The quantitative estimate of drug-likeness (QED) is 0.820. The summed E-state index contributed by atoms with van der Waals surface area (Å²) in [6, 6.07) is 3.16. The van der Waals surface area contributed by atoms with Crippen LogP contribution in [-0.2, 0) is 9.05 Å². The van der Waals surface area contributed by atoms with Crippen molar-refractivity contribution in [1.29, 1.82) is 0 Å². The number of rotatable bonds is 2. The van der Waals surface area contributed by atoms with Gasteiger partial charge >= 0.3 is 5.97 Å². The van der Waals surface area contributed by atoms with Gasteiger partial charge in [-0.15, -0.1) is 0 Å². The topological polar surface area (TPSA) is 71.4 Å². The fraction of sp³-hybridized carbons (Fsp3) is 0. The maximum atomic E-state index is 10.9. The molecule has 76 valence electrons. The van der Waals surface area contributed by atoms with Crippen molar-refractivity contribution in [2.45, 2.75) is 4.90 Å². The van der Waals surface area contributed by atoms with Crippen LogP contribution in [0.2, 0.25) is 5.02 Å². The third-order valence-corrected chi connectivity index (χ3v) is 2.95. The first-order valence-corrected chi connectivity index (χ1v) is 5.98. The zero-order valence-corrected chi connectivity index (χ0v) is 8.90. The fourth-order valence-corrected chi connectivity index (χ4v) is 1.93. The van der Waals surface area contributed by atoms with Gasteiger partial charge in [-0.3, -0.25) is 0 Å². The lowest BCUT2D eigenvalue weighted by Gasteiger charge is -1.99. The lowest BCUT2D eigenvalue weighted by molar-refractivity contribution is 0.0696. The van der Waals surface area contributed by atoms with Crippen molar-refractivity contribution in [2.24, 2.45) is 0 Å². The van der Waals surface area contributed by atoms with Crippen LogP contribution in [0.5, 0.6) is 0 Å². The second kappa shape index (κ2) is 3.76. The molecule has 0 aliphatic rings. The van der Waals surface area contributed by atoms with E-state index in [0.29, 0.717) is 0 Å². The minimum atomic E-state index is -3.96. The maximum absolute atomic E-state index is 10.9. The molecule has 0 amide bonds. The zero-order valence-electron chi connectivity index (χ0n) is 6.57. The molecule has 7 heteroatoms. The Labute approximate surface area is 89.5 Å². The predicted molar refractivity (Wildman–Crippen MR) is 51.5 cm³/mol. The number of carbonyl (C=O) groups is 1. The van der Waals surface area contributed by atoms with Gasteiger partial charge in [-0.1, -0.05) is 11.6 Å². The first-order chi connectivity index (χ1) is 6.30. The number of carboxylic acids is 1. The van der Waals surface area contributed by atoms with Crippen LogP contribution >= 0.6 is 22.3 Å². The fourth-order valence-electron chi connectivity index (χ4n) is 0.827. The van der Waals surface area contributed by atoms with E-state index in [1.165, 1.54) is 0 Å². The molecular weight excluding hydrogens is 251 g/mol. The smallest absolute Gasteiger partial charge is 0.335 e. The standard InChI is InChI=1S/C7H4Cl2O4S/c8-5-1-4(7(10)11)2-6(3-5)14(9,12)13/h1-3H,(H,10,11). The van der Waals surface area contributed by atoms with Gasteiger partial charge in [-0.25, -0.2) is 13.2 Å². The highest BCUT2D eigenvalue weighted by molar-refractivity contribution is 8.13. The number of halogens is 2. The van der Waals surface area contributed by atoms with E-state index in [4.69, 9.17) is 27.4 Å². The van der Waals surface area contributed by atoms with E-state index in [2.05, 4.69) is 0 Å². The molecule has 14 heavy (non-hydrogen) atoms. The van der Waals surface area contributed by atoms with Crippen molar-refractivity contribution in [2.75, 3.05) is 0 Å². The Bertz CT molecular complexity index is 480. The summed E-state index contributed by atoms with van der Waals surface area (Å²) in [4.78, 5) is 10.2. The van der Waals surface area contributed by atoms with Gasteiger partial charge in [0.15, 0.2) is 0 Å². The largest absolute Gasteiger partial charge is 0.478 e. The Balaban J connectivity index is 3.43. The van der Waals surface area contributed by atoms with E-state index >= 15 is 0 Å². The van der Waals surface area contributed by atoms with E-state index in [0.717, 1.165) is 18.2 Å². The predicted octanol–water partition coefficient (Wildman–Crippen LogP) is 1.97. The summed E-state index contributed by atoms with van der Waals surface area (Å²) >= 11 is 5.51. The summed E-state index contributed by atoms with van der Waals surface area (Å²) in [5.74, 6) is -1.27. The number of hydrogen-bond donors (Lipinski definition) is 1. The van der Waals surface area contributed by atoms with Gasteiger partial charge in [0.2, 0.25) is 0 Å². The van der Waals surface area contributed by atoms with Crippen LogP contribution in [0.1, 0.15) is 10.4 Å². The molecule has 0 aliphatic carbocycles. The van der Waals surface area contributed by atoms with Crippen LogP contribution in [0.3, 0.4) is 0 Å². The highest BCUT2D eigenvalue weighted by atomic mass is 35.7. The summed E-state index contributed by atoms with van der Waals surface area (Å²) in [6.07, 6.45) is 0. The molecule has 1 aromatic rings. The Morgan fingerprint density at radius 2 is 1.86 bits per heavy atom. The number of aromatic carboxylic acids is 1. The minimum absolute atomic E-state index is 0.00382. The highest BCUT2D eigenvalue weighted by Crippen LogP contribution is 2.21. The lowest BCUT2D eigenvalue weighted by atomic mass is 10.2. The van der Waals surface area contributed by atoms with Gasteiger partial charge in [0.05, 0.1) is 10.5 Å². The summed E-state index contributed by atoms with van der Waals surface area (Å²) < 4.78 is 21.7. The van der Waals surface area contributed by atoms with E-state index < -0.39 is 15.0 Å². The molecular formula is C7H4Cl2O4S. The van der Waals surface area contributed by atoms with Crippen LogP contribution in [0.15, 0.2) is 23.1 Å². The number of carboxylic acid groups (broad SMARTS) is 1. The van der Waals surface area contributed by atoms with Crippen molar-refractivity contribution in [3.8, 4) is 0 Å². The van der Waals surface area contributed by atoms with Gasteiger partial charge in [0, 0.05) is 15.7 Å². The van der Waals surface area contributed by atoms with Crippen molar-refractivity contribution >= 4 is 37.3 Å². The van der Waals surface area contributed by atoms with Crippen molar-refractivity contribution in [3.05, 3.63) is 28.8 Å². The summed E-state index contributed by atoms with van der Waals surface area (Å²) in [6.45, 7) is 0. The summed E-state index contributed by atoms with van der Waals surface area (Å²) in [7, 11) is 1.07. The SMILES string of the molecule is O=C(O)c1cc(Cl)cc(S(=O)(=O)Cl)c1. The first-order valence-electron chi connectivity index (χ1n) is 3.29. The molecule has 0 saturated carbocycles. The monoisotopic (exact) mass is 254 g/mol. The second-order valence-corrected chi connectivity index (χ2v) is 5.42. The van der Waals surface area contributed by atoms with Gasteiger partial charge in [0.1, 0.15) is 0 Å². The van der Waals surface area contributed by atoms with Gasteiger partial charge in [-0.05, 0) is 18.2 Å². The average Bonchev–Trinajstić information content (AvgIpc) is 2.01. The van der Waals surface area contributed by atoms with E-state index in [1.54, 1.807) is 0 Å². The molecule has 0 bridgehead atoms. The maximum Gasteiger partial charge on any atom is 0.335 e. The molecule has 0 saturated heterocycles. The van der Waals surface area contributed by atoms with Gasteiger partial charge in [-0.2, -0.15) is 0 Å².